The summed E-state index contributed by atoms with van der Waals surface area (Å²) in [5.41, 5.74) is 1.38. The van der Waals surface area contributed by atoms with Gasteiger partial charge in [-0.1, -0.05) is 12.1 Å². The Morgan fingerprint density at radius 1 is 1.13 bits per heavy atom. The molecular weight excluding hydrogens is 319 g/mol. The Hall–Kier alpha value is -2.74. The predicted octanol–water partition coefficient (Wildman–Crippen LogP) is 2.42. The number of hydrogen-bond donors (Lipinski definition) is 1. The largest absolute Gasteiger partial charge is 0.265 e. The lowest BCUT2D eigenvalue weighted by atomic mass is 10.2. The van der Waals surface area contributed by atoms with E-state index in [9.17, 15) is 12.8 Å². The van der Waals surface area contributed by atoms with Gasteiger partial charge in [-0.2, -0.15) is 5.10 Å². The molecule has 0 aliphatic carbocycles. The molecule has 0 fully saturated rings. The van der Waals surface area contributed by atoms with Crippen LogP contribution < -0.4 is 4.72 Å². The Labute approximate surface area is 132 Å². The zero-order valence-corrected chi connectivity index (χ0v) is 13.0. The average Bonchev–Trinajstić information content (AvgIpc) is 2.89. The minimum atomic E-state index is -4.03. The van der Waals surface area contributed by atoms with Crippen molar-refractivity contribution in [3.63, 3.8) is 0 Å². The van der Waals surface area contributed by atoms with E-state index in [0.29, 0.717) is 5.69 Å². The molecule has 118 valence electrons. The van der Waals surface area contributed by atoms with Gasteiger partial charge in [-0.15, -0.1) is 0 Å². The van der Waals surface area contributed by atoms with Crippen LogP contribution in [-0.4, -0.2) is 23.2 Å². The number of sulfonamides is 1. The van der Waals surface area contributed by atoms with Gasteiger partial charge in [0, 0.05) is 31.1 Å². The van der Waals surface area contributed by atoms with Crippen molar-refractivity contribution in [3.05, 3.63) is 60.7 Å². The molecule has 0 aliphatic heterocycles. The van der Waals surface area contributed by atoms with E-state index in [2.05, 4.69) is 14.8 Å². The van der Waals surface area contributed by atoms with Crippen LogP contribution in [0.1, 0.15) is 0 Å². The summed E-state index contributed by atoms with van der Waals surface area (Å²) in [4.78, 5) is 3.51. The first-order valence-corrected chi connectivity index (χ1v) is 8.17. The number of benzene rings is 1. The summed E-state index contributed by atoms with van der Waals surface area (Å²) in [7, 11) is -2.43. The molecule has 0 amide bonds. The fraction of sp³-hybridized carbons (Fsp3) is 0.0667. The second-order valence-electron chi connectivity index (χ2n) is 4.81. The standard InChI is InChI=1S/C15H13FN4O2S/c1-20-15(10-13(18-20)11-6-8-17-9-7-11)19-23(21,22)14-5-3-2-4-12(14)16/h2-10,19H,1H3. The number of aryl methyl sites for hydroxylation is 1. The highest BCUT2D eigenvalue weighted by molar-refractivity contribution is 7.92. The molecule has 3 aromatic rings. The molecule has 0 spiro atoms. The van der Waals surface area contributed by atoms with Crippen molar-refractivity contribution in [2.45, 2.75) is 4.90 Å². The molecule has 0 bridgehead atoms. The summed E-state index contributed by atoms with van der Waals surface area (Å²) >= 11 is 0. The van der Waals surface area contributed by atoms with Crippen molar-refractivity contribution < 1.29 is 12.8 Å². The minimum Gasteiger partial charge on any atom is -0.265 e. The number of nitrogens with zero attached hydrogens (tertiary/aromatic N) is 3. The van der Waals surface area contributed by atoms with Crippen LogP contribution in [0.2, 0.25) is 0 Å². The highest BCUT2D eigenvalue weighted by Gasteiger charge is 2.20. The Balaban J connectivity index is 1.95. The van der Waals surface area contributed by atoms with Gasteiger partial charge in [-0.3, -0.25) is 14.4 Å². The van der Waals surface area contributed by atoms with E-state index in [-0.39, 0.29) is 5.82 Å². The highest BCUT2D eigenvalue weighted by atomic mass is 32.2. The third kappa shape index (κ3) is 3.07. The van der Waals surface area contributed by atoms with Crippen LogP contribution in [0.15, 0.2) is 59.8 Å². The molecule has 2 heterocycles. The number of aromatic nitrogens is 3. The molecule has 2 aromatic heterocycles. The van der Waals surface area contributed by atoms with Crippen LogP contribution >= 0.6 is 0 Å². The van der Waals surface area contributed by atoms with Gasteiger partial charge >= 0.3 is 0 Å². The zero-order chi connectivity index (χ0) is 16.4. The van der Waals surface area contributed by atoms with Crippen LogP contribution in [0.25, 0.3) is 11.3 Å². The zero-order valence-electron chi connectivity index (χ0n) is 12.1. The minimum absolute atomic E-state index is 0.236. The Morgan fingerprint density at radius 3 is 2.52 bits per heavy atom. The summed E-state index contributed by atoms with van der Waals surface area (Å²) in [5.74, 6) is -0.573. The van der Waals surface area contributed by atoms with Gasteiger partial charge in [0.1, 0.15) is 16.5 Å². The molecule has 0 unspecified atom stereocenters. The molecule has 3 rings (SSSR count). The second-order valence-corrected chi connectivity index (χ2v) is 6.46. The first-order chi connectivity index (χ1) is 11.0. The summed E-state index contributed by atoms with van der Waals surface area (Å²) in [6.45, 7) is 0. The highest BCUT2D eigenvalue weighted by Crippen LogP contribution is 2.23. The van der Waals surface area contributed by atoms with Gasteiger partial charge in [0.2, 0.25) is 0 Å². The van der Waals surface area contributed by atoms with Crippen molar-refractivity contribution >= 4 is 15.8 Å². The van der Waals surface area contributed by atoms with Crippen molar-refractivity contribution in [2.75, 3.05) is 4.72 Å². The van der Waals surface area contributed by atoms with Gasteiger partial charge in [0.15, 0.2) is 0 Å². The molecule has 0 saturated carbocycles. The lowest BCUT2D eigenvalue weighted by Crippen LogP contribution is -2.16. The average molecular weight is 332 g/mol. The number of nitrogens with one attached hydrogen (secondary N) is 1. The topological polar surface area (TPSA) is 76.9 Å². The number of halogens is 1. The van der Waals surface area contributed by atoms with Crippen LogP contribution in [0, 0.1) is 5.82 Å². The van der Waals surface area contributed by atoms with E-state index in [0.717, 1.165) is 11.6 Å². The maximum atomic E-state index is 13.7. The maximum Gasteiger partial charge on any atom is 0.265 e. The van der Waals surface area contributed by atoms with Crippen molar-refractivity contribution in [2.24, 2.45) is 7.05 Å². The number of anilines is 1. The molecule has 0 radical (unpaired) electrons. The summed E-state index contributed by atoms with van der Waals surface area (Å²) < 4.78 is 42.1. The van der Waals surface area contributed by atoms with E-state index in [4.69, 9.17) is 0 Å². The number of rotatable bonds is 4. The van der Waals surface area contributed by atoms with Crippen molar-refractivity contribution in [1.82, 2.24) is 14.8 Å². The first kappa shape index (κ1) is 15.2. The monoisotopic (exact) mass is 332 g/mol. The van der Waals surface area contributed by atoms with E-state index < -0.39 is 20.7 Å². The van der Waals surface area contributed by atoms with Crippen LogP contribution in [-0.2, 0) is 17.1 Å². The summed E-state index contributed by atoms with van der Waals surface area (Å²) in [6.07, 6.45) is 3.24. The van der Waals surface area contributed by atoms with Gasteiger partial charge in [-0.25, -0.2) is 12.8 Å². The SMILES string of the molecule is Cn1nc(-c2ccncc2)cc1NS(=O)(=O)c1ccccc1F. The third-order valence-corrected chi connectivity index (χ3v) is 4.61. The molecule has 0 aliphatic rings. The fourth-order valence-corrected chi connectivity index (χ4v) is 3.24. The molecule has 1 aromatic carbocycles. The fourth-order valence-electron chi connectivity index (χ4n) is 2.08. The van der Waals surface area contributed by atoms with Crippen LogP contribution in [0.3, 0.4) is 0 Å². The first-order valence-electron chi connectivity index (χ1n) is 6.69. The molecule has 0 saturated heterocycles. The third-order valence-electron chi connectivity index (χ3n) is 3.22. The van der Waals surface area contributed by atoms with E-state index in [1.54, 1.807) is 37.6 Å². The molecule has 1 N–H and O–H groups in total. The Kier molecular flexibility index (Phi) is 3.83. The van der Waals surface area contributed by atoms with Gasteiger partial charge in [0.05, 0.1) is 5.69 Å². The normalized spacial score (nSPS) is 11.4. The van der Waals surface area contributed by atoms with E-state index >= 15 is 0 Å². The van der Waals surface area contributed by atoms with Gasteiger partial charge in [-0.05, 0) is 24.3 Å². The molecular formula is C15H13FN4O2S. The Bertz CT molecular complexity index is 939. The quantitative estimate of drug-likeness (QED) is 0.796. The lowest BCUT2D eigenvalue weighted by molar-refractivity contribution is 0.570. The van der Waals surface area contributed by atoms with E-state index in [1.165, 1.54) is 22.9 Å². The van der Waals surface area contributed by atoms with Gasteiger partial charge in [0.25, 0.3) is 10.0 Å². The molecule has 8 heteroatoms. The predicted molar refractivity (Wildman–Crippen MR) is 83.6 cm³/mol. The van der Waals surface area contributed by atoms with Crippen molar-refractivity contribution in [3.8, 4) is 11.3 Å². The number of pyridine rings is 1. The maximum absolute atomic E-state index is 13.7. The smallest absolute Gasteiger partial charge is 0.265 e. The Morgan fingerprint density at radius 2 is 1.83 bits per heavy atom. The summed E-state index contributed by atoms with van der Waals surface area (Å²) in [6, 6.07) is 10.3. The molecule has 23 heavy (non-hydrogen) atoms. The summed E-state index contributed by atoms with van der Waals surface area (Å²) in [5, 5.41) is 4.25. The van der Waals surface area contributed by atoms with Crippen LogP contribution in [0.5, 0.6) is 0 Å². The van der Waals surface area contributed by atoms with Crippen molar-refractivity contribution in [1.29, 1.82) is 0 Å². The molecule has 0 atom stereocenters. The van der Waals surface area contributed by atoms with E-state index in [1.807, 2.05) is 0 Å². The van der Waals surface area contributed by atoms with Crippen LogP contribution in [0.4, 0.5) is 10.2 Å². The second kappa shape index (κ2) is 5.81. The molecule has 6 nitrogen and oxygen atoms in total. The number of hydrogen-bond acceptors (Lipinski definition) is 4. The van der Waals surface area contributed by atoms with Gasteiger partial charge < -0.3 is 0 Å². The lowest BCUT2D eigenvalue weighted by Gasteiger charge is -2.08.